The van der Waals surface area contributed by atoms with Gasteiger partial charge in [-0.1, -0.05) is 0 Å². The number of carbonyl (C=O) groups is 2. The molecule has 2 N–H and O–H groups in total. The standard InChI is InChI=1S/C8H13NO3/c10-7-5-6(3-4-9-7)1-2-8(11)12/h6H,1-5H2,(H,9,10)(H,11,12). The Labute approximate surface area is 71.0 Å². The molecule has 1 heterocycles. The number of amides is 1. The van der Waals surface area contributed by atoms with Crippen molar-refractivity contribution in [1.82, 2.24) is 5.32 Å². The third-order valence-corrected chi connectivity index (χ3v) is 2.12. The predicted octanol–water partition coefficient (Wildman–Crippen LogP) is 0.377. The van der Waals surface area contributed by atoms with Crippen molar-refractivity contribution in [2.45, 2.75) is 25.7 Å². The van der Waals surface area contributed by atoms with Gasteiger partial charge < -0.3 is 10.4 Å². The van der Waals surface area contributed by atoms with E-state index in [0.29, 0.717) is 19.4 Å². The molecule has 68 valence electrons. The van der Waals surface area contributed by atoms with Gasteiger partial charge in [-0.2, -0.15) is 0 Å². The molecule has 0 radical (unpaired) electrons. The van der Waals surface area contributed by atoms with Gasteiger partial charge in [0.05, 0.1) is 0 Å². The number of carbonyl (C=O) groups excluding carboxylic acids is 1. The van der Waals surface area contributed by atoms with E-state index in [1.807, 2.05) is 0 Å². The lowest BCUT2D eigenvalue weighted by Gasteiger charge is -2.20. The van der Waals surface area contributed by atoms with Crippen LogP contribution in [0.4, 0.5) is 0 Å². The monoisotopic (exact) mass is 171 g/mol. The van der Waals surface area contributed by atoms with Crippen LogP contribution >= 0.6 is 0 Å². The maximum atomic E-state index is 10.9. The van der Waals surface area contributed by atoms with Gasteiger partial charge in [-0.3, -0.25) is 9.59 Å². The zero-order valence-corrected chi connectivity index (χ0v) is 6.88. The van der Waals surface area contributed by atoms with Crippen molar-refractivity contribution >= 4 is 11.9 Å². The summed E-state index contributed by atoms with van der Waals surface area (Å²) in [4.78, 5) is 21.1. The van der Waals surface area contributed by atoms with E-state index < -0.39 is 5.97 Å². The molecule has 1 fully saturated rings. The van der Waals surface area contributed by atoms with Gasteiger partial charge in [0.15, 0.2) is 0 Å². The maximum absolute atomic E-state index is 10.9. The van der Waals surface area contributed by atoms with Crippen molar-refractivity contribution in [2.24, 2.45) is 5.92 Å². The molecular formula is C8H13NO3. The number of carboxylic acids is 1. The molecular weight excluding hydrogens is 158 g/mol. The Morgan fingerprint density at radius 1 is 1.67 bits per heavy atom. The summed E-state index contributed by atoms with van der Waals surface area (Å²) in [5.41, 5.74) is 0. The van der Waals surface area contributed by atoms with Gasteiger partial charge in [-0.25, -0.2) is 0 Å². The van der Waals surface area contributed by atoms with E-state index in [1.165, 1.54) is 0 Å². The fourth-order valence-electron chi connectivity index (χ4n) is 1.43. The molecule has 1 rings (SSSR count). The highest BCUT2D eigenvalue weighted by Gasteiger charge is 2.19. The van der Waals surface area contributed by atoms with Crippen LogP contribution in [-0.2, 0) is 9.59 Å². The minimum absolute atomic E-state index is 0.0524. The third kappa shape index (κ3) is 2.90. The van der Waals surface area contributed by atoms with Crippen LogP contribution in [0.25, 0.3) is 0 Å². The van der Waals surface area contributed by atoms with E-state index in [-0.39, 0.29) is 18.2 Å². The largest absolute Gasteiger partial charge is 0.481 e. The van der Waals surface area contributed by atoms with Crippen molar-refractivity contribution in [3.05, 3.63) is 0 Å². The average molecular weight is 171 g/mol. The molecule has 1 aliphatic heterocycles. The van der Waals surface area contributed by atoms with Crippen LogP contribution in [0.1, 0.15) is 25.7 Å². The zero-order chi connectivity index (χ0) is 8.97. The van der Waals surface area contributed by atoms with Crippen molar-refractivity contribution in [3.8, 4) is 0 Å². The summed E-state index contributed by atoms with van der Waals surface area (Å²) in [6, 6.07) is 0. The van der Waals surface area contributed by atoms with Crippen LogP contribution in [0.2, 0.25) is 0 Å². The first kappa shape index (κ1) is 9.03. The van der Waals surface area contributed by atoms with Gasteiger partial charge >= 0.3 is 5.97 Å². The molecule has 4 nitrogen and oxygen atoms in total. The van der Waals surface area contributed by atoms with E-state index in [1.54, 1.807) is 0 Å². The third-order valence-electron chi connectivity index (χ3n) is 2.12. The van der Waals surface area contributed by atoms with Gasteiger partial charge in [0.2, 0.25) is 5.91 Å². The fourth-order valence-corrected chi connectivity index (χ4v) is 1.43. The van der Waals surface area contributed by atoms with Gasteiger partial charge in [0.25, 0.3) is 0 Å². The van der Waals surface area contributed by atoms with Crippen molar-refractivity contribution in [2.75, 3.05) is 6.54 Å². The van der Waals surface area contributed by atoms with Crippen LogP contribution < -0.4 is 5.32 Å². The SMILES string of the molecule is O=C(O)CCC1CCNC(=O)C1. The summed E-state index contributed by atoms with van der Waals surface area (Å²) >= 11 is 0. The Morgan fingerprint density at radius 2 is 2.42 bits per heavy atom. The predicted molar refractivity (Wildman–Crippen MR) is 42.6 cm³/mol. The summed E-state index contributed by atoms with van der Waals surface area (Å²) in [5.74, 6) is -0.451. The topological polar surface area (TPSA) is 66.4 Å². The van der Waals surface area contributed by atoms with E-state index in [2.05, 4.69) is 5.32 Å². The minimum atomic E-state index is -0.777. The van der Waals surface area contributed by atoms with E-state index in [0.717, 1.165) is 6.42 Å². The summed E-state index contributed by atoms with van der Waals surface area (Å²) in [6.07, 6.45) is 2.22. The van der Waals surface area contributed by atoms with E-state index >= 15 is 0 Å². The first-order valence-electron chi connectivity index (χ1n) is 4.17. The molecule has 1 aliphatic rings. The minimum Gasteiger partial charge on any atom is -0.481 e. The Kier molecular flexibility index (Phi) is 3.08. The summed E-state index contributed by atoms with van der Waals surface area (Å²) in [7, 11) is 0. The van der Waals surface area contributed by atoms with Gasteiger partial charge in [-0.05, 0) is 18.8 Å². The molecule has 4 heteroatoms. The quantitative estimate of drug-likeness (QED) is 0.645. The first-order chi connectivity index (χ1) is 5.68. The number of carboxylic acid groups (broad SMARTS) is 1. The van der Waals surface area contributed by atoms with Crippen molar-refractivity contribution in [3.63, 3.8) is 0 Å². The van der Waals surface area contributed by atoms with Crippen LogP contribution in [-0.4, -0.2) is 23.5 Å². The highest BCUT2D eigenvalue weighted by atomic mass is 16.4. The van der Waals surface area contributed by atoms with Crippen LogP contribution in [0, 0.1) is 5.92 Å². The molecule has 0 bridgehead atoms. The Bertz CT molecular complexity index is 191. The molecule has 1 unspecified atom stereocenters. The Balaban J connectivity index is 2.23. The number of nitrogens with one attached hydrogen (secondary N) is 1. The van der Waals surface area contributed by atoms with Gasteiger partial charge in [0.1, 0.15) is 0 Å². The molecule has 0 aromatic rings. The second kappa shape index (κ2) is 4.09. The molecule has 1 atom stereocenters. The van der Waals surface area contributed by atoms with Gasteiger partial charge in [-0.15, -0.1) is 0 Å². The Hall–Kier alpha value is -1.06. The fraction of sp³-hybridized carbons (Fsp3) is 0.750. The molecule has 0 saturated carbocycles. The lowest BCUT2D eigenvalue weighted by atomic mass is 9.93. The number of rotatable bonds is 3. The highest BCUT2D eigenvalue weighted by molar-refractivity contribution is 5.77. The maximum Gasteiger partial charge on any atom is 0.303 e. The van der Waals surface area contributed by atoms with Crippen LogP contribution in [0.15, 0.2) is 0 Å². The summed E-state index contributed by atoms with van der Waals surface area (Å²) in [6.45, 7) is 0.698. The molecule has 0 aromatic carbocycles. The first-order valence-corrected chi connectivity index (χ1v) is 4.17. The molecule has 1 saturated heterocycles. The normalized spacial score (nSPS) is 23.3. The summed E-state index contributed by atoms with van der Waals surface area (Å²) < 4.78 is 0. The molecule has 1 amide bonds. The summed E-state index contributed by atoms with van der Waals surface area (Å²) in [5, 5.41) is 11.1. The molecule has 0 aromatic heterocycles. The van der Waals surface area contributed by atoms with E-state index in [4.69, 9.17) is 5.11 Å². The zero-order valence-electron chi connectivity index (χ0n) is 6.88. The number of aliphatic carboxylic acids is 1. The van der Waals surface area contributed by atoms with Crippen molar-refractivity contribution < 1.29 is 14.7 Å². The lowest BCUT2D eigenvalue weighted by molar-refractivity contribution is -0.137. The van der Waals surface area contributed by atoms with Crippen LogP contribution in [0.3, 0.4) is 0 Å². The Morgan fingerprint density at radius 3 is 3.00 bits per heavy atom. The van der Waals surface area contributed by atoms with Crippen LogP contribution in [0.5, 0.6) is 0 Å². The number of hydrogen-bond donors (Lipinski definition) is 2. The average Bonchev–Trinajstić information content (AvgIpc) is 2.01. The second-order valence-corrected chi connectivity index (χ2v) is 3.14. The second-order valence-electron chi connectivity index (χ2n) is 3.14. The lowest BCUT2D eigenvalue weighted by Crippen LogP contribution is -2.33. The highest BCUT2D eigenvalue weighted by Crippen LogP contribution is 2.17. The van der Waals surface area contributed by atoms with E-state index in [9.17, 15) is 9.59 Å². The van der Waals surface area contributed by atoms with Gasteiger partial charge in [0, 0.05) is 19.4 Å². The molecule has 0 spiro atoms. The molecule has 12 heavy (non-hydrogen) atoms. The smallest absolute Gasteiger partial charge is 0.303 e. The molecule has 0 aliphatic carbocycles. The number of hydrogen-bond acceptors (Lipinski definition) is 2. The number of piperidine rings is 1. The van der Waals surface area contributed by atoms with Crippen molar-refractivity contribution in [1.29, 1.82) is 0 Å².